The number of fused-ring (bicyclic) bond motifs is 3. The summed E-state index contributed by atoms with van der Waals surface area (Å²) in [7, 11) is 0. The monoisotopic (exact) mass is 379 g/mol. The van der Waals surface area contributed by atoms with Gasteiger partial charge in [-0.2, -0.15) is 0 Å². The van der Waals surface area contributed by atoms with Gasteiger partial charge >= 0.3 is 0 Å². The fourth-order valence-corrected chi connectivity index (χ4v) is 6.88. The molecule has 19 heavy (non-hydrogen) atoms. The summed E-state index contributed by atoms with van der Waals surface area (Å²) in [5, 5.41) is 2.45. The summed E-state index contributed by atoms with van der Waals surface area (Å²) in [4.78, 5) is 1.24. The maximum Gasteiger partial charge on any atom is 0.274 e. The summed E-state index contributed by atoms with van der Waals surface area (Å²) in [5.74, 6) is 0. The molecule has 3 heteroatoms. The Balaban J connectivity index is 2.05. The van der Waals surface area contributed by atoms with Crippen molar-refractivity contribution in [2.24, 2.45) is 0 Å². The summed E-state index contributed by atoms with van der Waals surface area (Å²) in [5.41, 5.74) is 3.26. The number of benzene rings is 2. The molecule has 4 rings (SSSR count). The molecular formula is C16H12IOS+. The predicted molar refractivity (Wildman–Crippen MR) is 96.3 cm³/mol. The number of hydrogen-bond donors (Lipinski definition) is 0. The molecule has 0 unspecified atom stereocenters. The van der Waals surface area contributed by atoms with Crippen molar-refractivity contribution in [1.29, 1.82) is 0 Å². The Hall–Kier alpha value is -1.20. The van der Waals surface area contributed by atoms with Crippen molar-refractivity contribution in [3.8, 4) is 0 Å². The fraction of sp³-hybridized carbons (Fsp3) is 0.0625. The second-order valence-corrected chi connectivity index (χ2v) is 10.5. The molecule has 2 aromatic carbocycles. The van der Waals surface area contributed by atoms with Crippen LogP contribution in [0.3, 0.4) is 0 Å². The maximum absolute atomic E-state index is 6.12. The van der Waals surface area contributed by atoms with Gasteiger partial charge in [-0.1, -0.05) is 49.2 Å². The van der Waals surface area contributed by atoms with Crippen LogP contribution in [0.1, 0.15) is 5.56 Å². The van der Waals surface area contributed by atoms with Crippen LogP contribution in [0.4, 0.5) is 0 Å². The molecule has 0 aliphatic carbocycles. The number of aryl methyl sites for hydroxylation is 1. The first-order valence-electron chi connectivity index (χ1n) is 6.07. The average molecular weight is 379 g/mol. The summed E-state index contributed by atoms with van der Waals surface area (Å²) >= 11 is 1.00. The summed E-state index contributed by atoms with van der Waals surface area (Å²) < 4.78 is 13.2. The van der Waals surface area contributed by atoms with Gasteiger partial charge in [0.15, 0.2) is 5.58 Å². The minimum absolute atomic E-state index is 0.828. The number of furan rings is 1. The number of halogens is 1. The summed E-state index contributed by atoms with van der Waals surface area (Å²) in [6.07, 6.45) is 0. The van der Waals surface area contributed by atoms with E-state index in [0.717, 1.165) is 11.2 Å². The molecule has 3 aromatic rings. The highest BCUT2D eigenvalue weighted by atomic mass is 127. The van der Waals surface area contributed by atoms with Gasteiger partial charge in [0.2, 0.25) is 14.7 Å². The van der Waals surface area contributed by atoms with E-state index in [-0.39, 0.29) is 0 Å². The smallest absolute Gasteiger partial charge is 0.274 e. The minimum Gasteiger partial charge on any atom is -0.450 e. The van der Waals surface area contributed by atoms with Crippen LogP contribution < -0.4 is 0 Å². The zero-order valence-corrected chi connectivity index (χ0v) is 13.4. The lowest BCUT2D eigenvalue weighted by Gasteiger charge is -1.91. The Morgan fingerprint density at radius 2 is 1.74 bits per heavy atom. The van der Waals surface area contributed by atoms with Gasteiger partial charge in [-0.3, -0.25) is 0 Å². The zero-order valence-electron chi connectivity index (χ0n) is 10.4. The van der Waals surface area contributed by atoms with Crippen LogP contribution in [0.15, 0.2) is 45.7 Å². The van der Waals surface area contributed by atoms with Gasteiger partial charge in [0.1, 0.15) is 5.58 Å². The third-order valence-electron chi connectivity index (χ3n) is 3.23. The third kappa shape index (κ3) is 2.01. The summed E-state index contributed by atoms with van der Waals surface area (Å²) in [6.45, 7) is 2.10. The Labute approximate surface area is 121 Å². The van der Waals surface area contributed by atoms with Crippen LogP contribution in [-0.4, -0.2) is 11.4 Å². The van der Waals surface area contributed by atoms with Crippen molar-refractivity contribution >= 4 is 63.6 Å². The van der Waals surface area contributed by atoms with Crippen LogP contribution in [0.5, 0.6) is 0 Å². The average Bonchev–Trinajstić information content (AvgIpc) is 3.17. The number of hydrogen-bond acceptors (Lipinski definition) is 1. The topological polar surface area (TPSA) is 13.1 Å². The van der Waals surface area contributed by atoms with E-state index in [0.29, 0.717) is 0 Å². The van der Waals surface area contributed by atoms with Crippen LogP contribution in [0.2, 0.25) is 0 Å². The molecular weight excluding hydrogens is 367 g/mol. The molecule has 0 N–H and O–H groups in total. The lowest BCUT2D eigenvalue weighted by molar-refractivity contribution is 0.657. The van der Waals surface area contributed by atoms with E-state index in [1.165, 1.54) is 21.2 Å². The molecule has 0 saturated heterocycles. The van der Waals surface area contributed by atoms with E-state index in [1.807, 2.05) is 11.4 Å². The zero-order chi connectivity index (χ0) is 12.8. The molecule has 0 saturated carbocycles. The Morgan fingerprint density at radius 1 is 1.00 bits per heavy atom. The first-order chi connectivity index (χ1) is 9.33. The normalized spacial score (nSPS) is 15.0. The molecule has 1 aromatic heterocycles. The molecule has 0 bridgehead atoms. The minimum atomic E-state index is -0.828. The molecule has 1 aliphatic rings. The van der Waals surface area contributed by atoms with Gasteiger partial charge in [-0.05, 0) is 20.5 Å². The third-order valence-corrected chi connectivity index (χ3v) is 8.18. The van der Waals surface area contributed by atoms with Gasteiger partial charge in [0.25, 0.3) is 4.90 Å². The second kappa shape index (κ2) is 4.42. The Kier molecular flexibility index (Phi) is 2.70. The molecule has 0 amide bonds. The molecule has 0 radical (unpaired) electrons. The quantitative estimate of drug-likeness (QED) is 0.281. The van der Waals surface area contributed by atoms with Crippen molar-refractivity contribution in [1.82, 2.24) is 0 Å². The van der Waals surface area contributed by atoms with Gasteiger partial charge in [-0.15, -0.1) is 0 Å². The highest BCUT2D eigenvalue weighted by Crippen LogP contribution is 2.32. The van der Waals surface area contributed by atoms with Gasteiger partial charge < -0.3 is 4.42 Å². The molecule has 0 spiro atoms. The fourth-order valence-electron chi connectivity index (χ4n) is 2.21. The first kappa shape index (κ1) is 11.6. The van der Waals surface area contributed by atoms with Crippen molar-refractivity contribution in [3.05, 3.63) is 42.0 Å². The van der Waals surface area contributed by atoms with Crippen molar-refractivity contribution in [2.45, 2.75) is 11.8 Å². The predicted octanol–water partition coefficient (Wildman–Crippen LogP) is 4.22. The van der Waals surface area contributed by atoms with Crippen LogP contribution >= 0.6 is 18.9 Å². The van der Waals surface area contributed by atoms with E-state index < -0.39 is 18.9 Å². The van der Waals surface area contributed by atoms with Crippen molar-refractivity contribution in [3.63, 3.8) is 0 Å². The summed E-state index contributed by atoms with van der Waals surface area (Å²) in [6, 6.07) is 12.8. The standard InChI is InChI=1S/C16H12IOS/c1-11-4-2-5-12-13-6-3-7-14(16(13)18-15(11)12)19-10-17-8-9-17/h2-10H,1H3/q+1. The highest BCUT2D eigenvalue weighted by Gasteiger charge is 2.16. The van der Waals surface area contributed by atoms with E-state index in [1.54, 1.807) is 0 Å². The first-order valence-corrected chi connectivity index (χ1v) is 10.7. The van der Waals surface area contributed by atoms with Crippen molar-refractivity contribution in [2.75, 3.05) is 0 Å². The molecule has 1 aliphatic heterocycles. The lowest BCUT2D eigenvalue weighted by Crippen LogP contribution is -1.75. The van der Waals surface area contributed by atoms with E-state index in [9.17, 15) is 0 Å². The lowest BCUT2D eigenvalue weighted by atomic mass is 10.1. The van der Waals surface area contributed by atoms with Gasteiger partial charge in [0, 0.05) is 16.8 Å². The Morgan fingerprint density at radius 3 is 2.53 bits per heavy atom. The maximum atomic E-state index is 6.12. The SMILES string of the molecule is Cc1cccc2c1oc1c([S+]=CI3=CC=3)cccc12. The molecule has 2 heterocycles. The number of rotatable bonds is 2. The van der Waals surface area contributed by atoms with Crippen LogP contribution in [0, 0.1) is 6.92 Å². The van der Waals surface area contributed by atoms with Crippen LogP contribution in [0.25, 0.3) is 21.9 Å². The largest absolute Gasteiger partial charge is 0.450 e. The van der Waals surface area contributed by atoms with Crippen LogP contribution in [-0.2, 0) is 11.4 Å². The van der Waals surface area contributed by atoms with Crippen molar-refractivity contribution < 1.29 is 4.42 Å². The second-order valence-electron chi connectivity index (χ2n) is 4.52. The molecule has 1 nitrogen and oxygen atoms in total. The van der Waals surface area contributed by atoms with Gasteiger partial charge in [0.05, 0.1) is 0 Å². The number of para-hydroxylation sites is 2. The highest BCUT2D eigenvalue weighted by molar-refractivity contribution is 14.3. The molecule has 0 fully saturated rings. The van der Waals surface area contributed by atoms with E-state index in [4.69, 9.17) is 4.42 Å². The Bertz CT molecular complexity index is 914. The van der Waals surface area contributed by atoms with Gasteiger partial charge in [-0.25, -0.2) is 0 Å². The molecule has 94 valence electrons. The van der Waals surface area contributed by atoms with E-state index >= 15 is 0 Å². The van der Waals surface area contributed by atoms with E-state index in [2.05, 4.69) is 54.7 Å². The molecule has 0 atom stereocenters.